The van der Waals surface area contributed by atoms with Gasteiger partial charge < -0.3 is 14.4 Å². The summed E-state index contributed by atoms with van der Waals surface area (Å²) in [7, 11) is -3.19. The van der Waals surface area contributed by atoms with Crippen LogP contribution in [0.15, 0.2) is 48.5 Å². The fraction of sp³-hybridized carbons (Fsp3) is 0.391. The molecule has 0 spiro atoms. The molecule has 8 heteroatoms. The molecule has 31 heavy (non-hydrogen) atoms. The fourth-order valence-corrected chi connectivity index (χ4v) is 5.27. The normalized spacial score (nSPS) is 17.2. The molecule has 1 aliphatic heterocycles. The molecule has 166 valence electrons. The first-order chi connectivity index (χ1) is 14.8. The van der Waals surface area contributed by atoms with E-state index in [2.05, 4.69) is 0 Å². The fourth-order valence-electron chi connectivity index (χ4n) is 3.54. The Morgan fingerprint density at radius 3 is 2.42 bits per heavy atom. The van der Waals surface area contributed by atoms with Gasteiger partial charge in [0, 0.05) is 19.5 Å². The highest BCUT2D eigenvalue weighted by atomic mass is 32.2. The SMILES string of the molecule is CCCOc1ccc(CN(C(=O)c2ccccc2OC(C)=O)C2CCS(=O)(=O)C2)cc1. The first-order valence-corrected chi connectivity index (χ1v) is 12.1. The topological polar surface area (TPSA) is 90.0 Å². The largest absolute Gasteiger partial charge is 0.494 e. The van der Waals surface area contributed by atoms with Crippen molar-refractivity contribution in [3.8, 4) is 11.5 Å². The molecule has 7 nitrogen and oxygen atoms in total. The molecule has 2 aromatic carbocycles. The van der Waals surface area contributed by atoms with E-state index in [1.165, 1.54) is 6.92 Å². The van der Waals surface area contributed by atoms with Crippen LogP contribution in [0.2, 0.25) is 0 Å². The molecule has 2 aromatic rings. The first kappa shape index (κ1) is 22.8. The van der Waals surface area contributed by atoms with Crippen molar-refractivity contribution < 1.29 is 27.5 Å². The summed E-state index contributed by atoms with van der Waals surface area (Å²) in [5, 5.41) is 0. The minimum absolute atomic E-state index is 0.0524. The van der Waals surface area contributed by atoms with Crippen molar-refractivity contribution >= 4 is 21.7 Å². The Kier molecular flexibility index (Phi) is 7.33. The number of rotatable bonds is 8. The van der Waals surface area contributed by atoms with Crippen molar-refractivity contribution in [1.29, 1.82) is 0 Å². The number of nitrogens with zero attached hydrogens (tertiary/aromatic N) is 1. The number of carbonyl (C=O) groups excluding carboxylic acids is 2. The van der Waals surface area contributed by atoms with Crippen LogP contribution in [-0.4, -0.2) is 49.3 Å². The maximum atomic E-state index is 13.5. The molecule has 0 radical (unpaired) electrons. The summed E-state index contributed by atoms with van der Waals surface area (Å²) in [5.74, 6) is -0.0207. The predicted octanol–water partition coefficient (Wildman–Crippen LogP) is 3.23. The number of para-hydroxylation sites is 1. The third-order valence-electron chi connectivity index (χ3n) is 5.03. The van der Waals surface area contributed by atoms with Crippen LogP contribution in [0, 0.1) is 0 Å². The van der Waals surface area contributed by atoms with E-state index in [4.69, 9.17) is 9.47 Å². The average Bonchev–Trinajstić information content (AvgIpc) is 3.10. The molecule has 0 N–H and O–H groups in total. The van der Waals surface area contributed by atoms with Gasteiger partial charge >= 0.3 is 5.97 Å². The van der Waals surface area contributed by atoms with Gasteiger partial charge in [-0.3, -0.25) is 9.59 Å². The van der Waals surface area contributed by atoms with Crippen molar-refractivity contribution in [3.63, 3.8) is 0 Å². The number of sulfone groups is 1. The second-order valence-electron chi connectivity index (χ2n) is 7.57. The van der Waals surface area contributed by atoms with E-state index in [-0.39, 0.29) is 35.3 Å². The maximum absolute atomic E-state index is 13.5. The van der Waals surface area contributed by atoms with Crippen LogP contribution < -0.4 is 9.47 Å². The number of esters is 1. The van der Waals surface area contributed by atoms with Crippen LogP contribution in [0.1, 0.15) is 42.6 Å². The van der Waals surface area contributed by atoms with Crippen LogP contribution in [0.25, 0.3) is 0 Å². The molecule has 1 amide bonds. The van der Waals surface area contributed by atoms with E-state index in [9.17, 15) is 18.0 Å². The highest BCUT2D eigenvalue weighted by Crippen LogP contribution is 2.27. The molecule has 1 atom stereocenters. The van der Waals surface area contributed by atoms with Crippen molar-refractivity contribution in [2.45, 2.75) is 39.3 Å². The van der Waals surface area contributed by atoms with Crippen molar-refractivity contribution in [2.75, 3.05) is 18.1 Å². The van der Waals surface area contributed by atoms with Gasteiger partial charge in [-0.25, -0.2) is 8.42 Å². The van der Waals surface area contributed by atoms with Gasteiger partial charge in [0.15, 0.2) is 9.84 Å². The van der Waals surface area contributed by atoms with Crippen LogP contribution >= 0.6 is 0 Å². The van der Waals surface area contributed by atoms with E-state index in [1.54, 1.807) is 29.2 Å². The average molecular weight is 446 g/mol. The van der Waals surface area contributed by atoms with Crippen molar-refractivity contribution in [3.05, 3.63) is 59.7 Å². The Labute approximate surface area is 182 Å². The zero-order chi connectivity index (χ0) is 22.4. The van der Waals surface area contributed by atoms with Gasteiger partial charge in [-0.05, 0) is 42.7 Å². The molecule has 1 aliphatic rings. The number of hydrogen-bond acceptors (Lipinski definition) is 6. The molecular formula is C23H27NO6S. The van der Waals surface area contributed by atoms with E-state index < -0.39 is 21.8 Å². The predicted molar refractivity (Wildman–Crippen MR) is 117 cm³/mol. The van der Waals surface area contributed by atoms with Gasteiger partial charge in [0.1, 0.15) is 11.5 Å². The summed E-state index contributed by atoms with van der Waals surface area (Å²) in [4.78, 5) is 26.5. The van der Waals surface area contributed by atoms with Gasteiger partial charge in [0.25, 0.3) is 5.91 Å². The molecule has 1 heterocycles. The van der Waals surface area contributed by atoms with Gasteiger partial charge in [-0.15, -0.1) is 0 Å². The maximum Gasteiger partial charge on any atom is 0.308 e. The molecule has 0 aromatic heterocycles. The second kappa shape index (κ2) is 9.96. The van der Waals surface area contributed by atoms with Gasteiger partial charge in [-0.1, -0.05) is 31.2 Å². The van der Waals surface area contributed by atoms with Crippen LogP contribution in [0.3, 0.4) is 0 Å². The molecule has 1 saturated heterocycles. The summed E-state index contributed by atoms with van der Waals surface area (Å²) in [6.45, 7) is 4.16. The minimum atomic E-state index is -3.19. The lowest BCUT2D eigenvalue weighted by atomic mass is 10.1. The number of ether oxygens (including phenoxy) is 2. The summed E-state index contributed by atoms with van der Waals surface area (Å²) in [6.07, 6.45) is 1.28. The van der Waals surface area contributed by atoms with E-state index in [0.717, 1.165) is 17.7 Å². The summed E-state index contributed by atoms with van der Waals surface area (Å²) >= 11 is 0. The summed E-state index contributed by atoms with van der Waals surface area (Å²) in [6, 6.07) is 13.5. The standard InChI is InChI=1S/C23H27NO6S/c1-3-13-29-20-10-8-18(9-11-20)15-24(19-12-14-31(27,28)16-19)23(26)21-6-4-5-7-22(21)30-17(2)25/h4-11,19H,3,12-16H2,1-2H3. The highest BCUT2D eigenvalue weighted by Gasteiger charge is 2.35. The molecule has 0 bridgehead atoms. The molecule has 1 unspecified atom stereocenters. The van der Waals surface area contributed by atoms with Crippen molar-refractivity contribution in [2.24, 2.45) is 0 Å². The zero-order valence-corrected chi connectivity index (χ0v) is 18.6. The molecule has 0 aliphatic carbocycles. The third kappa shape index (κ3) is 6.07. The summed E-state index contributed by atoms with van der Waals surface area (Å²) in [5.41, 5.74) is 1.08. The monoisotopic (exact) mass is 445 g/mol. The van der Waals surface area contributed by atoms with Crippen LogP contribution in [-0.2, 0) is 21.2 Å². The lowest BCUT2D eigenvalue weighted by Gasteiger charge is -2.29. The van der Waals surface area contributed by atoms with Gasteiger partial charge in [0.2, 0.25) is 0 Å². The first-order valence-electron chi connectivity index (χ1n) is 10.3. The zero-order valence-electron chi connectivity index (χ0n) is 17.7. The Bertz CT molecular complexity index is 1030. The van der Waals surface area contributed by atoms with Crippen LogP contribution in [0.5, 0.6) is 11.5 Å². The van der Waals surface area contributed by atoms with Gasteiger partial charge in [0.05, 0.1) is 23.7 Å². The number of benzene rings is 2. The van der Waals surface area contributed by atoms with Gasteiger partial charge in [-0.2, -0.15) is 0 Å². The smallest absolute Gasteiger partial charge is 0.308 e. The second-order valence-corrected chi connectivity index (χ2v) is 9.80. The Morgan fingerprint density at radius 2 is 1.81 bits per heavy atom. The molecule has 1 fully saturated rings. The molecular weight excluding hydrogens is 418 g/mol. The summed E-state index contributed by atoms with van der Waals surface area (Å²) < 4.78 is 35.0. The Hall–Kier alpha value is -2.87. The van der Waals surface area contributed by atoms with E-state index in [1.807, 2.05) is 31.2 Å². The van der Waals surface area contributed by atoms with E-state index >= 15 is 0 Å². The Balaban J connectivity index is 1.89. The highest BCUT2D eigenvalue weighted by molar-refractivity contribution is 7.91. The molecule has 3 rings (SSSR count). The Morgan fingerprint density at radius 1 is 1.10 bits per heavy atom. The lowest BCUT2D eigenvalue weighted by Crippen LogP contribution is -2.40. The van der Waals surface area contributed by atoms with E-state index in [0.29, 0.717) is 13.0 Å². The number of amides is 1. The minimum Gasteiger partial charge on any atom is -0.494 e. The van der Waals surface area contributed by atoms with Crippen molar-refractivity contribution in [1.82, 2.24) is 4.90 Å². The quantitative estimate of drug-likeness (QED) is 0.458. The lowest BCUT2D eigenvalue weighted by molar-refractivity contribution is -0.131. The third-order valence-corrected chi connectivity index (χ3v) is 6.78. The number of hydrogen-bond donors (Lipinski definition) is 0. The number of carbonyl (C=O) groups is 2. The van der Waals surface area contributed by atoms with Crippen LogP contribution in [0.4, 0.5) is 0 Å². The molecule has 0 saturated carbocycles.